The normalized spacial score (nSPS) is 15.2. The molecule has 11 nitrogen and oxygen atoms in total. The molecule has 2 amide bonds. The number of sulfone groups is 1. The Hall–Kier alpha value is -3.92. The first-order valence-corrected chi connectivity index (χ1v) is 22.4. The minimum atomic E-state index is -3.62. The summed E-state index contributed by atoms with van der Waals surface area (Å²) in [5.74, 6) is -2.33. The van der Waals surface area contributed by atoms with E-state index in [2.05, 4.69) is 29.1 Å². The van der Waals surface area contributed by atoms with Gasteiger partial charge in [0.05, 0.1) is 22.1 Å². The maximum Gasteiger partial charge on any atom is 0.408 e. The van der Waals surface area contributed by atoms with Crippen molar-refractivity contribution in [3.63, 3.8) is 0 Å². The number of piperidine rings is 1. The van der Waals surface area contributed by atoms with Gasteiger partial charge >= 0.3 is 6.09 Å². The van der Waals surface area contributed by atoms with E-state index < -0.39 is 66.1 Å². The van der Waals surface area contributed by atoms with Gasteiger partial charge in [-0.1, -0.05) is 29.8 Å². The largest absolute Gasteiger partial charge is 0.450 e. The molecular formula is C38H47ClF2N4O7S2. The van der Waals surface area contributed by atoms with Crippen LogP contribution in [-0.4, -0.2) is 96.0 Å². The number of likely N-dealkylation sites (tertiary alicyclic amines) is 1. The van der Waals surface area contributed by atoms with Gasteiger partial charge in [0.25, 0.3) is 0 Å². The van der Waals surface area contributed by atoms with Crippen LogP contribution in [-0.2, 0) is 37.3 Å². The Labute approximate surface area is 321 Å². The number of nitrogens with zero attached hydrogens (tertiary/aromatic N) is 3. The zero-order valence-corrected chi connectivity index (χ0v) is 33.6. The first-order chi connectivity index (χ1) is 25.3. The summed E-state index contributed by atoms with van der Waals surface area (Å²) in [5, 5.41) is 2.36. The van der Waals surface area contributed by atoms with Gasteiger partial charge in [0, 0.05) is 37.5 Å². The van der Waals surface area contributed by atoms with Gasteiger partial charge in [-0.2, -0.15) is 0 Å². The van der Waals surface area contributed by atoms with Crippen LogP contribution in [0.3, 0.4) is 0 Å². The number of carbonyl (C=O) groups is 2. The van der Waals surface area contributed by atoms with E-state index in [9.17, 15) is 18.0 Å². The van der Waals surface area contributed by atoms with Gasteiger partial charge in [-0.25, -0.2) is 37.0 Å². The summed E-state index contributed by atoms with van der Waals surface area (Å²) in [6.45, 7) is 5.94. The fourth-order valence-electron chi connectivity index (χ4n) is 5.99. The highest BCUT2D eigenvalue weighted by atomic mass is 35.5. The SMILES string of the molecule is CC(C)(C)OC(=O)N[C@@H](Cc1cc(F)c(Oc2cc(Cl)nc3c2ccn3COCCS(C)(C)C)c(F)c1)C(=O)N1CCC(S(=O)(=O)c2ccccc2)CC1. The summed E-state index contributed by atoms with van der Waals surface area (Å²) in [4.78, 5) is 32.7. The number of aromatic nitrogens is 2. The van der Waals surface area contributed by atoms with Crippen LogP contribution in [0.2, 0.25) is 5.15 Å². The molecule has 0 spiro atoms. The van der Waals surface area contributed by atoms with Gasteiger partial charge in [0.15, 0.2) is 27.2 Å². The van der Waals surface area contributed by atoms with E-state index in [4.69, 9.17) is 25.8 Å². The molecule has 0 radical (unpaired) electrons. The minimum Gasteiger partial charge on any atom is -0.450 e. The van der Waals surface area contributed by atoms with Crippen LogP contribution in [0.15, 0.2) is 65.7 Å². The molecule has 5 rings (SSSR count). The van der Waals surface area contributed by atoms with Crippen LogP contribution in [0.4, 0.5) is 13.6 Å². The number of carbonyl (C=O) groups excluding carboxylic acids is 2. The average molecular weight is 809 g/mol. The number of ether oxygens (including phenoxy) is 3. The van der Waals surface area contributed by atoms with Gasteiger partial charge in [0.1, 0.15) is 34.9 Å². The van der Waals surface area contributed by atoms with Crippen molar-refractivity contribution < 1.29 is 41.0 Å². The lowest BCUT2D eigenvalue weighted by Crippen LogP contribution is -2.53. The highest BCUT2D eigenvalue weighted by molar-refractivity contribution is 8.32. The number of hydrogen-bond donors (Lipinski definition) is 1. The van der Waals surface area contributed by atoms with Crippen molar-refractivity contribution in [3.05, 3.63) is 83.1 Å². The Morgan fingerprint density at radius 1 is 1.02 bits per heavy atom. The van der Waals surface area contributed by atoms with Gasteiger partial charge < -0.3 is 29.0 Å². The predicted octanol–water partition coefficient (Wildman–Crippen LogP) is 7.33. The third-order valence-corrected chi connectivity index (χ3v) is 12.6. The van der Waals surface area contributed by atoms with E-state index in [0.717, 1.165) is 17.9 Å². The van der Waals surface area contributed by atoms with E-state index in [0.29, 0.717) is 17.6 Å². The van der Waals surface area contributed by atoms with Crippen molar-refractivity contribution >= 4 is 54.5 Å². The molecule has 16 heteroatoms. The molecule has 1 aliphatic heterocycles. The molecule has 1 fully saturated rings. The Kier molecular flexibility index (Phi) is 12.9. The number of alkyl carbamates (subject to hydrolysis) is 1. The van der Waals surface area contributed by atoms with Crippen molar-refractivity contribution in [3.8, 4) is 11.5 Å². The monoisotopic (exact) mass is 808 g/mol. The second kappa shape index (κ2) is 16.8. The summed E-state index contributed by atoms with van der Waals surface area (Å²) in [7, 11) is -4.35. The summed E-state index contributed by atoms with van der Waals surface area (Å²) in [6, 6.07) is 12.0. The maximum absolute atomic E-state index is 15.7. The first kappa shape index (κ1) is 41.2. The van der Waals surface area contributed by atoms with E-state index in [1.54, 1.807) is 67.9 Å². The highest BCUT2D eigenvalue weighted by Gasteiger charge is 2.36. The lowest BCUT2D eigenvalue weighted by Gasteiger charge is -2.34. The Morgan fingerprint density at radius 2 is 1.67 bits per heavy atom. The molecule has 0 saturated carbocycles. The van der Waals surface area contributed by atoms with Crippen molar-refractivity contribution in [2.24, 2.45) is 0 Å². The minimum absolute atomic E-state index is 0.0466. The smallest absolute Gasteiger partial charge is 0.408 e. The molecule has 0 bridgehead atoms. The molecule has 1 saturated heterocycles. The second-order valence-electron chi connectivity index (χ2n) is 15.1. The number of rotatable bonds is 13. The third kappa shape index (κ3) is 10.6. The maximum atomic E-state index is 15.7. The molecule has 1 atom stereocenters. The van der Waals surface area contributed by atoms with E-state index in [1.807, 2.05) is 0 Å². The van der Waals surface area contributed by atoms with E-state index in [-0.39, 0.29) is 60.4 Å². The molecule has 2 aromatic heterocycles. The number of pyridine rings is 1. The van der Waals surface area contributed by atoms with Crippen LogP contribution >= 0.6 is 21.6 Å². The molecule has 4 aromatic rings. The topological polar surface area (TPSA) is 129 Å². The summed E-state index contributed by atoms with van der Waals surface area (Å²) in [5.41, 5.74) is -0.414. The fraction of sp³-hybridized carbons (Fsp3) is 0.447. The third-order valence-electron chi connectivity index (χ3n) is 8.70. The van der Waals surface area contributed by atoms with Crippen molar-refractivity contribution in [2.75, 3.05) is 44.2 Å². The van der Waals surface area contributed by atoms with E-state index in [1.165, 1.54) is 11.0 Å². The lowest BCUT2D eigenvalue weighted by atomic mass is 10.0. The summed E-state index contributed by atoms with van der Waals surface area (Å²) in [6.07, 6.45) is 7.49. The number of halogens is 3. The van der Waals surface area contributed by atoms with Crippen molar-refractivity contribution in [1.29, 1.82) is 0 Å². The van der Waals surface area contributed by atoms with Gasteiger partial charge in [-0.05, 0) is 88.3 Å². The fourth-order valence-corrected chi connectivity index (χ4v) is 8.54. The van der Waals surface area contributed by atoms with Crippen LogP contribution in [0.1, 0.15) is 39.2 Å². The number of hydrogen-bond acceptors (Lipinski definition) is 8. The van der Waals surface area contributed by atoms with Gasteiger partial charge in [0.2, 0.25) is 5.91 Å². The molecule has 1 N–H and O–H groups in total. The van der Waals surface area contributed by atoms with Crippen molar-refractivity contribution in [1.82, 2.24) is 19.8 Å². The lowest BCUT2D eigenvalue weighted by molar-refractivity contribution is -0.134. The molecule has 54 heavy (non-hydrogen) atoms. The second-order valence-corrected chi connectivity index (χ2v) is 22.3. The van der Waals surface area contributed by atoms with Crippen LogP contribution < -0.4 is 10.1 Å². The number of fused-ring (bicyclic) bond motifs is 1. The molecule has 0 unspecified atom stereocenters. The Bertz CT molecular complexity index is 2060. The van der Waals surface area contributed by atoms with Crippen molar-refractivity contribution in [2.45, 2.75) is 68.6 Å². The average Bonchev–Trinajstić information content (AvgIpc) is 3.49. The van der Waals surface area contributed by atoms with Gasteiger partial charge in [-0.15, -0.1) is 0 Å². The molecule has 294 valence electrons. The molecule has 2 aromatic carbocycles. The molecular weight excluding hydrogens is 762 g/mol. The summed E-state index contributed by atoms with van der Waals surface area (Å²) < 4.78 is 76.5. The number of amides is 2. The zero-order valence-electron chi connectivity index (χ0n) is 31.2. The standard InChI is InChI=1S/C38H47ClF2N4O7S2/c1-38(2,3)52-37(47)42-31(36(46)44-15-12-27(13-16-44)54(48,49)26-10-8-7-9-11-26)22-25-20-29(40)34(30(41)21-25)51-32-23-33(39)43-35-28(32)14-17-45(35)24-50-18-19-53(4,5)6/h7-11,14,17,20-21,23,27,31H,12-13,15-16,18-19,22,24H2,1-6H3,(H,42,47)/t31-/m0/s1. The van der Waals surface area contributed by atoms with Crippen LogP contribution in [0.25, 0.3) is 11.0 Å². The quantitative estimate of drug-likeness (QED) is 0.110. The van der Waals surface area contributed by atoms with E-state index >= 15 is 8.78 Å². The Morgan fingerprint density at radius 3 is 2.28 bits per heavy atom. The first-order valence-electron chi connectivity index (χ1n) is 17.4. The number of benzene rings is 2. The Balaban J connectivity index is 1.33. The zero-order chi connectivity index (χ0) is 39.4. The van der Waals surface area contributed by atoms with Gasteiger partial charge in [-0.3, -0.25) is 4.79 Å². The van der Waals surface area contributed by atoms with Crippen LogP contribution in [0.5, 0.6) is 11.5 Å². The predicted molar refractivity (Wildman–Crippen MR) is 207 cm³/mol. The molecule has 3 heterocycles. The highest BCUT2D eigenvalue weighted by Crippen LogP contribution is 2.36. The van der Waals surface area contributed by atoms with Crippen LogP contribution in [0, 0.1) is 11.6 Å². The molecule has 1 aliphatic rings. The number of nitrogens with one attached hydrogen (secondary N) is 1. The summed E-state index contributed by atoms with van der Waals surface area (Å²) >= 11 is 6.30. The molecule has 0 aliphatic carbocycles.